The molecule has 0 saturated heterocycles. The zero-order chi connectivity index (χ0) is 14.3. The molecule has 19 heavy (non-hydrogen) atoms. The summed E-state index contributed by atoms with van der Waals surface area (Å²) in [6, 6.07) is 8.83. The van der Waals surface area contributed by atoms with Gasteiger partial charge in [-0.1, -0.05) is 32.0 Å². The second-order valence-corrected chi connectivity index (χ2v) is 4.99. The summed E-state index contributed by atoms with van der Waals surface area (Å²) in [7, 11) is 1.75. The summed E-state index contributed by atoms with van der Waals surface area (Å²) >= 11 is 0. The summed E-state index contributed by atoms with van der Waals surface area (Å²) in [5.74, 6) is 0. The molecule has 0 radical (unpaired) electrons. The SMILES string of the molecule is CCN(CC)Cc1ccccc1NC(C)C(C)OC. The molecule has 3 nitrogen and oxygen atoms in total. The molecule has 2 atom stereocenters. The molecule has 0 fully saturated rings. The van der Waals surface area contributed by atoms with Crippen LogP contribution in [0.25, 0.3) is 0 Å². The van der Waals surface area contributed by atoms with Gasteiger partial charge in [-0.2, -0.15) is 0 Å². The first-order valence-electron chi connectivity index (χ1n) is 7.21. The van der Waals surface area contributed by atoms with E-state index in [0.717, 1.165) is 19.6 Å². The van der Waals surface area contributed by atoms with Crippen molar-refractivity contribution in [3.63, 3.8) is 0 Å². The fraction of sp³-hybridized carbons (Fsp3) is 0.625. The number of benzene rings is 1. The van der Waals surface area contributed by atoms with Crippen LogP contribution in [0.2, 0.25) is 0 Å². The maximum atomic E-state index is 5.37. The molecule has 0 aromatic heterocycles. The molecule has 0 spiro atoms. The maximum Gasteiger partial charge on any atom is 0.0741 e. The van der Waals surface area contributed by atoms with Gasteiger partial charge in [-0.15, -0.1) is 0 Å². The highest BCUT2D eigenvalue weighted by atomic mass is 16.5. The molecule has 0 heterocycles. The van der Waals surface area contributed by atoms with E-state index >= 15 is 0 Å². The Morgan fingerprint density at radius 3 is 2.37 bits per heavy atom. The van der Waals surface area contributed by atoms with Crippen molar-refractivity contribution in [1.29, 1.82) is 0 Å². The van der Waals surface area contributed by atoms with Crippen molar-refractivity contribution in [3.05, 3.63) is 29.8 Å². The minimum Gasteiger partial charge on any atom is -0.380 e. The molecule has 0 amide bonds. The Kier molecular flexibility index (Phi) is 6.89. The Labute approximate surface area is 118 Å². The van der Waals surface area contributed by atoms with E-state index in [4.69, 9.17) is 4.74 Å². The van der Waals surface area contributed by atoms with E-state index in [1.165, 1.54) is 11.3 Å². The van der Waals surface area contributed by atoms with Crippen LogP contribution in [-0.4, -0.2) is 37.2 Å². The number of hydrogen-bond donors (Lipinski definition) is 1. The summed E-state index contributed by atoms with van der Waals surface area (Å²) in [6.45, 7) is 11.8. The third kappa shape index (κ3) is 4.84. The van der Waals surface area contributed by atoms with Gasteiger partial charge in [0.05, 0.1) is 6.10 Å². The quantitative estimate of drug-likeness (QED) is 0.779. The molecule has 0 bridgehead atoms. The molecule has 1 aromatic carbocycles. The minimum atomic E-state index is 0.196. The Balaban J connectivity index is 2.78. The van der Waals surface area contributed by atoms with Crippen molar-refractivity contribution >= 4 is 5.69 Å². The lowest BCUT2D eigenvalue weighted by molar-refractivity contribution is 0.106. The number of para-hydroxylation sites is 1. The van der Waals surface area contributed by atoms with Crippen LogP contribution in [0.5, 0.6) is 0 Å². The van der Waals surface area contributed by atoms with E-state index in [0.29, 0.717) is 6.04 Å². The van der Waals surface area contributed by atoms with Gasteiger partial charge < -0.3 is 10.1 Å². The Morgan fingerprint density at radius 1 is 1.16 bits per heavy atom. The summed E-state index contributed by atoms with van der Waals surface area (Å²) < 4.78 is 5.37. The standard InChI is InChI=1S/C16H28N2O/c1-6-18(7-2)12-15-10-8-9-11-16(15)17-13(3)14(4)19-5/h8-11,13-14,17H,6-7,12H2,1-5H3. The number of nitrogens with zero attached hydrogens (tertiary/aromatic N) is 1. The van der Waals surface area contributed by atoms with Gasteiger partial charge in [-0.3, -0.25) is 4.90 Å². The van der Waals surface area contributed by atoms with Gasteiger partial charge in [0.15, 0.2) is 0 Å². The van der Waals surface area contributed by atoms with Crippen LogP contribution >= 0.6 is 0 Å². The third-order valence-corrected chi connectivity index (χ3v) is 3.76. The Bertz CT molecular complexity index is 364. The highest BCUT2D eigenvalue weighted by molar-refractivity contribution is 5.51. The van der Waals surface area contributed by atoms with Gasteiger partial charge in [-0.25, -0.2) is 0 Å². The van der Waals surface area contributed by atoms with Crippen LogP contribution in [-0.2, 0) is 11.3 Å². The van der Waals surface area contributed by atoms with E-state index in [-0.39, 0.29) is 6.10 Å². The van der Waals surface area contributed by atoms with Crippen LogP contribution in [0, 0.1) is 0 Å². The minimum absolute atomic E-state index is 0.196. The number of rotatable bonds is 8. The van der Waals surface area contributed by atoms with Crippen LogP contribution < -0.4 is 5.32 Å². The van der Waals surface area contributed by atoms with Crippen LogP contribution in [0.15, 0.2) is 24.3 Å². The largest absolute Gasteiger partial charge is 0.380 e. The zero-order valence-corrected chi connectivity index (χ0v) is 12.9. The van der Waals surface area contributed by atoms with Crippen molar-refractivity contribution in [3.8, 4) is 0 Å². The average Bonchev–Trinajstić information content (AvgIpc) is 2.45. The average molecular weight is 264 g/mol. The summed E-state index contributed by atoms with van der Waals surface area (Å²) in [5.41, 5.74) is 2.56. The van der Waals surface area contributed by atoms with Crippen molar-refractivity contribution in [2.75, 3.05) is 25.5 Å². The predicted octanol–water partition coefficient (Wildman–Crippen LogP) is 3.36. The molecule has 1 aromatic rings. The van der Waals surface area contributed by atoms with Gasteiger partial charge in [-0.05, 0) is 38.6 Å². The lowest BCUT2D eigenvalue weighted by Crippen LogP contribution is -2.30. The number of anilines is 1. The molecule has 0 saturated carbocycles. The first-order valence-corrected chi connectivity index (χ1v) is 7.21. The van der Waals surface area contributed by atoms with E-state index < -0.39 is 0 Å². The van der Waals surface area contributed by atoms with Gasteiger partial charge in [0.25, 0.3) is 0 Å². The first kappa shape index (κ1) is 16.0. The third-order valence-electron chi connectivity index (χ3n) is 3.76. The molecule has 3 heteroatoms. The lowest BCUT2D eigenvalue weighted by atomic mass is 10.1. The van der Waals surface area contributed by atoms with Crippen LogP contribution in [0.3, 0.4) is 0 Å². The molecule has 108 valence electrons. The van der Waals surface area contributed by atoms with E-state index in [1.807, 2.05) is 0 Å². The van der Waals surface area contributed by atoms with E-state index in [9.17, 15) is 0 Å². The first-order chi connectivity index (χ1) is 9.12. The smallest absolute Gasteiger partial charge is 0.0741 e. The van der Waals surface area contributed by atoms with Gasteiger partial charge in [0.2, 0.25) is 0 Å². The van der Waals surface area contributed by atoms with Gasteiger partial charge in [0, 0.05) is 25.4 Å². The molecule has 0 aliphatic heterocycles. The van der Waals surface area contributed by atoms with Crippen molar-refractivity contribution < 1.29 is 4.74 Å². The molecular formula is C16H28N2O. The zero-order valence-electron chi connectivity index (χ0n) is 12.9. The predicted molar refractivity (Wildman–Crippen MR) is 82.6 cm³/mol. The van der Waals surface area contributed by atoms with Crippen molar-refractivity contribution in [2.24, 2.45) is 0 Å². The fourth-order valence-electron chi connectivity index (χ4n) is 2.05. The maximum absolute atomic E-state index is 5.37. The molecule has 1 N–H and O–H groups in total. The summed E-state index contributed by atoms with van der Waals surface area (Å²) in [5, 5.41) is 3.56. The van der Waals surface area contributed by atoms with Crippen molar-refractivity contribution in [2.45, 2.75) is 46.4 Å². The van der Waals surface area contributed by atoms with E-state index in [2.05, 4.69) is 62.2 Å². The second-order valence-electron chi connectivity index (χ2n) is 4.99. The lowest BCUT2D eigenvalue weighted by Gasteiger charge is -2.25. The van der Waals surface area contributed by atoms with E-state index in [1.54, 1.807) is 7.11 Å². The molecular weight excluding hydrogens is 236 g/mol. The van der Waals surface area contributed by atoms with Gasteiger partial charge >= 0.3 is 0 Å². The number of nitrogens with one attached hydrogen (secondary N) is 1. The van der Waals surface area contributed by atoms with Crippen LogP contribution in [0.1, 0.15) is 33.3 Å². The topological polar surface area (TPSA) is 24.5 Å². The molecule has 2 unspecified atom stereocenters. The monoisotopic (exact) mass is 264 g/mol. The highest BCUT2D eigenvalue weighted by Crippen LogP contribution is 2.19. The molecule has 1 rings (SSSR count). The highest BCUT2D eigenvalue weighted by Gasteiger charge is 2.13. The Morgan fingerprint density at radius 2 is 1.79 bits per heavy atom. The second kappa shape index (κ2) is 8.18. The molecule has 0 aliphatic carbocycles. The van der Waals surface area contributed by atoms with Crippen LogP contribution in [0.4, 0.5) is 5.69 Å². The molecule has 0 aliphatic rings. The Hall–Kier alpha value is -1.06. The van der Waals surface area contributed by atoms with Gasteiger partial charge in [0.1, 0.15) is 0 Å². The fourth-order valence-corrected chi connectivity index (χ4v) is 2.05. The number of hydrogen-bond acceptors (Lipinski definition) is 3. The van der Waals surface area contributed by atoms with Crippen molar-refractivity contribution in [1.82, 2.24) is 4.90 Å². The number of methoxy groups -OCH3 is 1. The normalized spacial score (nSPS) is 14.4. The summed E-state index contributed by atoms with van der Waals surface area (Å²) in [6.07, 6.45) is 0.196. The number of ether oxygens (including phenoxy) is 1. The summed E-state index contributed by atoms with van der Waals surface area (Å²) in [4.78, 5) is 2.42.